The fourth-order valence-electron chi connectivity index (χ4n) is 1.75. The third-order valence-corrected chi connectivity index (χ3v) is 4.97. The monoisotopic (exact) mass is 304 g/mol. The van der Waals surface area contributed by atoms with Gasteiger partial charge in [-0.25, -0.2) is 0 Å². The fourth-order valence-corrected chi connectivity index (χ4v) is 2.60. The summed E-state index contributed by atoms with van der Waals surface area (Å²) < 4.78 is 0. The Labute approximate surface area is 155 Å². The van der Waals surface area contributed by atoms with Gasteiger partial charge < -0.3 is 19.8 Å². The Morgan fingerprint density at radius 1 is 0.800 bits per heavy atom. The number of hydrogen-bond acceptors (Lipinski definition) is 6. The molecule has 0 spiro atoms. The van der Waals surface area contributed by atoms with Crippen molar-refractivity contribution in [2.75, 3.05) is 11.5 Å². The molecular formula is C12H18Li2O4S2. The van der Waals surface area contributed by atoms with Crippen LogP contribution in [0.15, 0.2) is 0 Å². The van der Waals surface area contributed by atoms with Gasteiger partial charge in [0.05, 0.1) is 0 Å². The first-order valence-corrected chi connectivity index (χ1v) is 7.25. The van der Waals surface area contributed by atoms with Crippen LogP contribution in [0, 0.1) is 10.8 Å². The van der Waals surface area contributed by atoms with E-state index >= 15 is 0 Å². The average molecular weight is 304 g/mol. The number of hydrogen-bond donors (Lipinski definition) is 2. The number of carboxylic acids is 2. The molecule has 0 N–H and O–H groups in total. The molecule has 0 aliphatic heterocycles. The van der Waals surface area contributed by atoms with Crippen LogP contribution in [0.5, 0.6) is 0 Å². The Hall–Kier alpha value is 0.835. The Kier molecular flexibility index (Phi) is 11.3. The molecule has 0 bridgehead atoms. The van der Waals surface area contributed by atoms with Gasteiger partial charge in [-0.15, -0.1) is 0 Å². The number of carboxylic acid groups (broad SMARTS) is 2. The zero-order chi connectivity index (χ0) is 13.8. The van der Waals surface area contributed by atoms with Crippen molar-refractivity contribution in [1.82, 2.24) is 0 Å². The molecular weight excluding hydrogens is 286 g/mol. The van der Waals surface area contributed by atoms with E-state index in [0.717, 1.165) is 25.7 Å². The molecule has 104 valence electrons. The third kappa shape index (κ3) is 8.32. The van der Waals surface area contributed by atoms with Crippen molar-refractivity contribution in [3.8, 4) is 0 Å². The number of carbonyl (C=O) groups is 2. The largest absolute Gasteiger partial charge is 1.00 e. The van der Waals surface area contributed by atoms with Crippen LogP contribution in [0.1, 0.15) is 38.5 Å². The predicted molar refractivity (Wildman–Crippen MR) is 70.3 cm³/mol. The van der Waals surface area contributed by atoms with E-state index in [1.807, 2.05) is 0 Å². The second-order valence-electron chi connectivity index (χ2n) is 5.41. The molecule has 2 aliphatic rings. The van der Waals surface area contributed by atoms with Crippen LogP contribution in [0.3, 0.4) is 0 Å². The maximum absolute atomic E-state index is 10.1. The smallest absolute Gasteiger partial charge is 0.550 e. The van der Waals surface area contributed by atoms with E-state index in [1.54, 1.807) is 0 Å². The van der Waals surface area contributed by atoms with Crippen LogP contribution < -0.4 is 47.9 Å². The number of carbonyl (C=O) groups excluding carboxylic acids is 2. The molecule has 0 aromatic heterocycles. The zero-order valence-corrected chi connectivity index (χ0v) is 14.0. The molecule has 0 amide bonds. The van der Waals surface area contributed by atoms with Crippen molar-refractivity contribution in [2.45, 2.75) is 38.5 Å². The van der Waals surface area contributed by atoms with Crippen molar-refractivity contribution in [3.63, 3.8) is 0 Å². The van der Waals surface area contributed by atoms with Crippen LogP contribution in [-0.4, -0.2) is 23.4 Å². The zero-order valence-electron chi connectivity index (χ0n) is 12.2. The second kappa shape index (κ2) is 9.77. The molecule has 0 unspecified atom stereocenters. The average Bonchev–Trinajstić information content (AvgIpc) is 3.16. The molecule has 20 heavy (non-hydrogen) atoms. The van der Waals surface area contributed by atoms with Crippen molar-refractivity contribution in [2.24, 2.45) is 10.8 Å². The van der Waals surface area contributed by atoms with E-state index in [0.29, 0.717) is 11.5 Å². The third-order valence-electron chi connectivity index (χ3n) is 3.62. The van der Waals surface area contributed by atoms with E-state index in [1.165, 1.54) is 0 Å². The van der Waals surface area contributed by atoms with Gasteiger partial charge in [0, 0.05) is 11.9 Å². The van der Waals surface area contributed by atoms with Crippen LogP contribution >= 0.6 is 25.3 Å². The first kappa shape index (κ1) is 23.1. The summed E-state index contributed by atoms with van der Waals surface area (Å²) in [4.78, 5) is 20.1. The molecule has 0 atom stereocenters. The Morgan fingerprint density at radius 2 is 1.05 bits per heavy atom. The molecule has 0 aromatic carbocycles. The Morgan fingerprint density at radius 3 is 1.10 bits per heavy atom. The standard InChI is InChI=1S/2C6H10O2S.2Li/c2*7-5(8)3-6(4-9)1-2-6;;/h2*9H,1-4H2,(H,7,8);;/q;;2*+1/p-2. The summed E-state index contributed by atoms with van der Waals surface area (Å²) in [5, 5.41) is 20.1. The molecule has 0 heterocycles. The fraction of sp³-hybridized carbons (Fsp3) is 0.833. The summed E-state index contributed by atoms with van der Waals surface area (Å²) in [5.74, 6) is -0.523. The SMILES string of the molecule is O=C([O-])CC1(CS)CC1.O=C([O-])CC1(CS)CC1.[Li+].[Li+]. The minimum Gasteiger partial charge on any atom is -0.550 e. The summed E-state index contributed by atoms with van der Waals surface area (Å²) in [6.45, 7) is 0. The minimum absolute atomic E-state index is 0. The summed E-state index contributed by atoms with van der Waals surface area (Å²) in [5.41, 5.74) is 0.0316. The minimum atomic E-state index is -0.943. The summed E-state index contributed by atoms with van der Waals surface area (Å²) in [6.07, 6.45) is 4.40. The van der Waals surface area contributed by atoms with Gasteiger partial charge in [-0.3, -0.25) is 0 Å². The van der Waals surface area contributed by atoms with Crippen molar-refractivity contribution < 1.29 is 57.5 Å². The van der Waals surface area contributed by atoms with Crippen molar-refractivity contribution in [3.05, 3.63) is 0 Å². The van der Waals surface area contributed by atoms with E-state index in [9.17, 15) is 19.8 Å². The van der Waals surface area contributed by atoms with Crippen LogP contribution in [0.25, 0.3) is 0 Å². The van der Waals surface area contributed by atoms with Gasteiger partial charge >= 0.3 is 37.7 Å². The predicted octanol–water partition coefficient (Wildman–Crippen LogP) is -6.32. The molecule has 2 fully saturated rings. The second-order valence-corrected chi connectivity index (χ2v) is 6.05. The molecule has 0 radical (unpaired) electrons. The molecule has 0 saturated heterocycles. The number of aliphatic carboxylic acids is 2. The van der Waals surface area contributed by atoms with Crippen LogP contribution in [0.2, 0.25) is 0 Å². The Balaban J connectivity index is 0. The topological polar surface area (TPSA) is 80.3 Å². The normalized spacial score (nSPS) is 19.3. The van der Waals surface area contributed by atoms with Gasteiger partial charge in [-0.2, -0.15) is 25.3 Å². The first-order valence-electron chi connectivity index (χ1n) is 5.98. The van der Waals surface area contributed by atoms with Gasteiger partial charge in [-0.1, -0.05) is 0 Å². The molecule has 4 nitrogen and oxygen atoms in total. The van der Waals surface area contributed by atoms with E-state index < -0.39 is 11.9 Å². The quantitative estimate of drug-likeness (QED) is 0.378. The van der Waals surface area contributed by atoms with Crippen molar-refractivity contribution in [1.29, 1.82) is 0 Å². The van der Waals surface area contributed by atoms with Gasteiger partial charge in [0.2, 0.25) is 0 Å². The summed E-state index contributed by atoms with van der Waals surface area (Å²) >= 11 is 8.09. The van der Waals surface area contributed by atoms with Crippen molar-refractivity contribution >= 4 is 37.2 Å². The molecule has 2 saturated carbocycles. The molecule has 0 aromatic rings. The van der Waals surface area contributed by atoms with E-state index in [-0.39, 0.29) is 61.4 Å². The van der Waals surface area contributed by atoms with E-state index in [2.05, 4.69) is 25.3 Å². The Bertz CT molecular complexity index is 299. The summed E-state index contributed by atoms with van der Waals surface area (Å²) in [6, 6.07) is 0. The summed E-state index contributed by atoms with van der Waals surface area (Å²) in [7, 11) is 0. The van der Waals surface area contributed by atoms with Gasteiger partial charge in [0.25, 0.3) is 0 Å². The number of thiol groups is 2. The van der Waals surface area contributed by atoms with Gasteiger partial charge in [0.15, 0.2) is 0 Å². The molecule has 8 heteroatoms. The van der Waals surface area contributed by atoms with Crippen LogP contribution in [-0.2, 0) is 9.59 Å². The number of rotatable bonds is 6. The maximum atomic E-state index is 10.1. The van der Waals surface area contributed by atoms with E-state index in [4.69, 9.17) is 0 Å². The van der Waals surface area contributed by atoms with Gasteiger partial charge in [-0.05, 0) is 60.9 Å². The van der Waals surface area contributed by atoms with Crippen LogP contribution in [0.4, 0.5) is 0 Å². The van der Waals surface area contributed by atoms with Gasteiger partial charge in [0.1, 0.15) is 0 Å². The molecule has 2 aliphatic carbocycles. The maximum Gasteiger partial charge on any atom is 1.00 e. The molecule has 2 rings (SSSR count). The first-order chi connectivity index (χ1) is 8.37.